The van der Waals surface area contributed by atoms with Gasteiger partial charge in [-0.1, -0.05) is 0 Å². The van der Waals surface area contributed by atoms with Crippen LogP contribution in [-0.4, -0.2) is 46.8 Å². The molecule has 0 bridgehead atoms. The lowest BCUT2D eigenvalue weighted by atomic mass is 10.1. The number of hydrogen-bond acceptors (Lipinski definition) is 4. The zero-order valence-corrected chi connectivity index (χ0v) is 5.60. The molecule has 0 amide bonds. The third-order valence-corrected chi connectivity index (χ3v) is 1.62. The molecule has 4 nitrogen and oxygen atoms in total. The first-order valence-electron chi connectivity index (χ1n) is 3.32. The summed E-state index contributed by atoms with van der Waals surface area (Å²) in [7, 11) is 0. The van der Waals surface area contributed by atoms with Crippen LogP contribution in [0.2, 0.25) is 0 Å². The summed E-state index contributed by atoms with van der Waals surface area (Å²) in [6.45, 7) is -0.0425. The maximum absolute atomic E-state index is 8.99. The first kappa shape index (κ1) is 7.94. The van der Waals surface area contributed by atoms with Crippen LogP contribution in [0.15, 0.2) is 0 Å². The molecule has 0 aromatic heterocycles. The van der Waals surface area contributed by atoms with Gasteiger partial charge in [0.25, 0.3) is 0 Å². The minimum absolute atomic E-state index is 0.266. The fourth-order valence-electron chi connectivity index (χ4n) is 1.02. The lowest BCUT2D eigenvalue weighted by Gasteiger charge is -2.13. The largest absolute Gasteiger partial charge is 0.394 e. The van der Waals surface area contributed by atoms with E-state index in [4.69, 9.17) is 20.1 Å². The van der Waals surface area contributed by atoms with Crippen molar-refractivity contribution in [2.75, 3.05) is 13.2 Å². The Morgan fingerprint density at radius 1 is 1.60 bits per heavy atom. The number of aliphatic hydroxyl groups is 3. The van der Waals surface area contributed by atoms with Crippen LogP contribution in [0, 0.1) is 0 Å². The Kier molecular flexibility index (Phi) is 2.62. The number of hydrogen-bond donors (Lipinski definition) is 3. The van der Waals surface area contributed by atoms with Gasteiger partial charge in [-0.15, -0.1) is 0 Å². The van der Waals surface area contributed by atoms with E-state index in [-0.39, 0.29) is 19.3 Å². The van der Waals surface area contributed by atoms with Crippen molar-refractivity contribution in [1.82, 2.24) is 0 Å². The van der Waals surface area contributed by atoms with Crippen LogP contribution in [0.5, 0.6) is 0 Å². The molecule has 1 fully saturated rings. The van der Waals surface area contributed by atoms with E-state index >= 15 is 0 Å². The van der Waals surface area contributed by atoms with Crippen molar-refractivity contribution in [1.29, 1.82) is 0 Å². The normalized spacial score (nSPS) is 36.3. The quantitative estimate of drug-likeness (QED) is 0.445. The SMILES string of the molecule is OCC(O)[C@@H]1C[C@H](O)CO1. The summed E-state index contributed by atoms with van der Waals surface area (Å²) in [5.74, 6) is 0. The van der Waals surface area contributed by atoms with Gasteiger partial charge >= 0.3 is 0 Å². The molecule has 0 aromatic carbocycles. The molecule has 1 unspecified atom stereocenters. The zero-order chi connectivity index (χ0) is 7.56. The van der Waals surface area contributed by atoms with Crippen LogP contribution in [0.4, 0.5) is 0 Å². The minimum Gasteiger partial charge on any atom is -0.394 e. The average molecular weight is 148 g/mol. The predicted octanol–water partition coefficient (Wildman–Crippen LogP) is -1.51. The zero-order valence-electron chi connectivity index (χ0n) is 5.60. The van der Waals surface area contributed by atoms with E-state index in [2.05, 4.69) is 0 Å². The molecule has 3 N–H and O–H groups in total. The Balaban J connectivity index is 2.29. The first-order chi connectivity index (χ1) is 4.74. The second-order valence-electron chi connectivity index (χ2n) is 2.51. The molecular weight excluding hydrogens is 136 g/mol. The van der Waals surface area contributed by atoms with Crippen molar-refractivity contribution < 1.29 is 20.1 Å². The molecule has 4 heteroatoms. The van der Waals surface area contributed by atoms with Crippen molar-refractivity contribution in [3.05, 3.63) is 0 Å². The summed E-state index contributed by atoms with van der Waals surface area (Å²) in [6, 6.07) is 0. The van der Waals surface area contributed by atoms with Gasteiger partial charge in [0.2, 0.25) is 0 Å². The van der Waals surface area contributed by atoms with E-state index in [0.29, 0.717) is 6.42 Å². The molecule has 60 valence electrons. The summed E-state index contributed by atoms with van der Waals surface area (Å²) >= 11 is 0. The summed E-state index contributed by atoms with van der Waals surface area (Å²) in [4.78, 5) is 0. The topological polar surface area (TPSA) is 69.9 Å². The molecule has 0 saturated carbocycles. The number of aliphatic hydroxyl groups excluding tert-OH is 3. The monoisotopic (exact) mass is 148 g/mol. The molecule has 1 saturated heterocycles. The van der Waals surface area contributed by atoms with Gasteiger partial charge in [-0.3, -0.25) is 0 Å². The maximum atomic E-state index is 8.99. The lowest BCUT2D eigenvalue weighted by molar-refractivity contribution is -0.0291. The van der Waals surface area contributed by atoms with E-state index in [1.165, 1.54) is 0 Å². The second kappa shape index (κ2) is 3.30. The van der Waals surface area contributed by atoms with Crippen molar-refractivity contribution in [3.8, 4) is 0 Å². The molecule has 1 heterocycles. The average Bonchev–Trinajstić information content (AvgIpc) is 2.34. The molecule has 0 aromatic rings. The molecule has 1 aliphatic rings. The van der Waals surface area contributed by atoms with Crippen LogP contribution < -0.4 is 0 Å². The second-order valence-corrected chi connectivity index (χ2v) is 2.51. The van der Waals surface area contributed by atoms with Gasteiger partial charge in [-0.2, -0.15) is 0 Å². The van der Waals surface area contributed by atoms with E-state index in [9.17, 15) is 0 Å². The fourth-order valence-corrected chi connectivity index (χ4v) is 1.02. The lowest BCUT2D eigenvalue weighted by Crippen LogP contribution is -2.28. The molecule has 1 aliphatic heterocycles. The fraction of sp³-hybridized carbons (Fsp3) is 1.00. The van der Waals surface area contributed by atoms with Crippen LogP contribution in [-0.2, 0) is 4.74 Å². The van der Waals surface area contributed by atoms with Gasteiger partial charge < -0.3 is 20.1 Å². The van der Waals surface area contributed by atoms with Gasteiger partial charge in [0.1, 0.15) is 6.10 Å². The summed E-state index contributed by atoms with van der Waals surface area (Å²) in [6.07, 6.45) is -1.30. The van der Waals surface area contributed by atoms with Crippen molar-refractivity contribution >= 4 is 0 Å². The van der Waals surface area contributed by atoms with Crippen LogP contribution in [0.25, 0.3) is 0 Å². The summed E-state index contributed by atoms with van der Waals surface area (Å²) in [5.41, 5.74) is 0. The standard InChI is InChI=1S/C6H12O4/c7-2-5(9)6-1-4(8)3-10-6/h4-9H,1-3H2/t4-,5?,6-/m0/s1. The molecule has 0 spiro atoms. The molecular formula is C6H12O4. The summed E-state index contributed by atoms with van der Waals surface area (Å²) < 4.78 is 4.96. The highest BCUT2D eigenvalue weighted by molar-refractivity contribution is 4.77. The van der Waals surface area contributed by atoms with Crippen molar-refractivity contribution in [3.63, 3.8) is 0 Å². The van der Waals surface area contributed by atoms with Crippen LogP contribution in [0.3, 0.4) is 0 Å². The van der Waals surface area contributed by atoms with Crippen LogP contribution >= 0.6 is 0 Å². The van der Waals surface area contributed by atoms with Crippen molar-refractivity contribution in [2.45, 2.75) is 24.7 Å². The predicted molar refractivity (Wildman–Crippen MR) is 33.5 cm³/mol. The van der Waals surface area contributed by atoms with E-state index < -0.39 is 12.2 Å². The molecule has 1 rings (SSSR count). The maximum Gasteiger partial charge on any atom is 0.103 e. The molecule has 3 atom stereocenters. The van der Waals surface area contributed by atoms with Crippen molar-refractivity contribution in [2.24, 2.45) is 0 Å². The highest BCUT2D eigenvalue weighted by Crippen LogP contribution is 2.15. The minimum atomic E-state index is -0.850. The van der Waals surface area contributed by atoms with Gasteiger partial charge in [-0.05, 0) is 0 Å². The van der Waals surface area contributed by atoms with E-state index in [1.807, 2.05) is 0 Å². The Morgan fingerprint density at radius 2 is 2.30 bits per heavy atom. The Bertz CT molecular complexity index is 106. The highest BCUT2D eigenvalue weighted by atomic mass is 16.5. The van der Waals surface area contributed by atoms with Gasteiger partial charge in [0.05, 0.1) is 25.4 Å². The smallest absolute Gasteiger partial charge is 0.103 e. The Morgan fingerprint density at radius 3 is 2.70 bits per heavy atom. The van der Waals surface area contributed by atoms with Gasteiger partial charge in [0, 0.05) is 6.42 Å². The summed E-state index contributed by atoms with van der Waals surface area (Å²) in [5, 5.41) is 26.4. The molecule has 0 radical (unpaired) electrons. The molecule has 10 heavy (non-hydrogen) atoms. The van der Waals surface area contributed by atoms with Gasteiger partial charge in [-0.25, -0.2) is 0 Å². The highest BCUT2D eigenvalue weighted by Gasteiger charge is 2.28. The third-order valence-electron chi connectivity index (χ3n) is 1.62. The third kappa shape index (κ3) is 1.67. The number of ether oxygens (including phenoxy) is 1. The molecule has 0 aliphatic carbocycles. The van der Waals surface area contributed by atoms with E-state index in [1.54, 1.807) is 0 Å². The number of rotatable bonds is 2. The van der Waals surface area contributed by atoms with Gasteiger partial charge in [0.15, 0.2) is 0 Å². The van der Waals surface area contributed by atoms with E-state index in [0.717, 1.165) is 0 Å². The Labute approximate surface area is 59.1 Å². The Hall–Kier alpha value is -0.160. The van der Waals surface area contributed by atoms with Crippen LogP contribution in [0.1, 0.15) is 6.42 Å². The first-order valence-corrected chi connectivity index (χ1v) is 3.32.